The van der Waals surface area contributed by atoms with Crippen LogP contribution >= 0.6 is 0 Å². The molecule has 1 rings (SSSR count). The number of aliphatic hydroxyl groups is 1. The van der Waals surface area contributed by atoms with Gasteiger partial charge in [0.2, 0.25) is 0 Å². The van der Waals surface area contributed by atoms with E-state index in [9.17, 15) is 5.11 Å². The van der Waals surface area contributed by atoms with Gasteiger partial charge in [-0.05, 0) is 39.0 Å². The average Bonchev–Trinajstić information content (AvgIpc) is 3.16. The van der Waals surface area contributed by atoms with Crippen LogP contribution < -0.4 is 0 Å². The lowest BCUT2D eigenvalue weighted by Crippen LogP contribution is -2.52. The highest BCUT2D eigenvalue weighted by atomic mass is 16.3. The number of amidine groups is 1. The van der Waals surface area contributed by atoms with E-state index >= 15 is 0 Å². The van der Waals surface area contributed by atoms with Crippen molar-refractivity contribution < 1.29 is 9.59 Å². The summed E-state index contributed by atoms with van der Waals surface area (Å²) in [5, 5.41) is 9.39. The highest BCUT2D eigenvalue weighted by molar-refractivity contribution is 5.76. The quantitative estimate of drug-likeness (QED) is 0.117. The molecule has 1 heterocycles. The summed E-state index contributed by atoms with van der Waals surface area (Å²) < 4.78 is 0.947. The van der Waals surface area contributed by atoms with Gasteiger partial charge in [-0.25, -0.2) is 4.99 Å². The molecule has 1 atom stereocenters. The van der Waals surface area contributed by atoms with Gasteiger partial charge in [-0.15, -0.1) is 0 Å². The van der Waals surface area contributed by atoms with E-state index in [4.69, 9.17) is 4.99 Å². The van der Waals surface area contributed by atoms with E-state index in [1.165, 1.54) is 109 Å². The van der Waals surface area contributed by atoms with Crippen LogP contribution in [0.25, 0.3) is 0 Å². The van der Waals surface area contributed by atoms with E-state index in [-0.39, 0.29) is 6.61 Å². The van der Waals surface area contributed by atoms with Gasteiger partial charge >= 0.3 is 0 Å². The minimum absolute atomic E-state index is 0.279. The number of unbranched alkanes of at least 4 members (excludes halogenated alkanes) is 14. The Labute approximate surface area is 188 Å². The summed E-state index contributed by atoms with van der Waals surface area (Å²) in [4.78, 5) is 4.76. The molecule has 176 valence electrons. The summed E-state index contributed by atoms with van der Waals surface area (Å²) in [6, 6.07) is 0. The van der Waals surface area contributed by atoms with Crippen LogP contribution in [0.1, 0.15) is 123 Å². The van der Waals surface area contributed by atoms with Crippen LogP contribution in [-0.4, -0.2) is 48.2 Å². The summed E-state index contributed by atoms with van der Waals surface area (Å²) in [6.07, 6.45) is 27.9. The van der Waals surface area contributed by atoms with Crippen molar-refractivity contribution in [2.45, 2.75) is 123 Å². The molecule has 1 aliphatic rings. The molecule has 0 aromatic heterocycles. The van der Waals surface area contributed by atoms with Crippen molar-refractivity contribution in [3.05, 3.63) is 12.2 Å². The lowest BCUT2D eigenvalue weighted by molar-refractivity contribution is -0.835. The first-order valence-corrected chi connectivity index (χ1v) is 13.4. The van der Waals surface area contributed by atoms with Crippen LogP contribution in [0.4, 0.5) is 0 Å². The maximum absolute atomic E-state index is 9.39. The predicted molar refractivity (Wildman–Crippen MR) is 133 cm³/mol. The molecule has 0 radical (unpaired) electrons. The first kappa shape index (κ1) is 27.4. The minimum atomic E-state index is 0.279. The fraction of sp³-hybridized carbons (Fsp3) is 0.889. The van der Waals surface area contributed by atoms with Gasteiger partial charge in [0.25, 0.3) is 0 Å². The van der Waals surface area contributed by atoms with Gasteiger partial charge < -0.3 is 5.11 Å². The van der Waals surface area contributed by atoms with Gasteiger partial charge in [0.15, 0.2) is 5.84 Å². The molecule has 1 N–H and O–H groups in total. The number of quaternary nitrogens is 1. The van der Waals surface area contributed by atoms with Crippen molar-refractivity contribution in [2.24, 2.45) is 4.99 Å². The smallest absolute Gasteiger partial charge is 0.198 e. The second-order valence-corrected chi connectivity index (χ2v) is 9.33. The lowest BCUT2D eigenvalue weighted by atomic mass is 10.1. The van der Waals surface area contributed by atoms with Crippen LogP contribution in [0.2, 0.25) is 0 Å². The van der Waals surface area contributed by atoms with Crippen LogP contribution in [0.5, 0.6) is 0 Å². The molecule has 0 aliphatic carbocycles. The topological polar surface area (TPSA) is 32.6 Å². The molecule has 30 heavy (non-hydrogen) atoms. The molecule has 0 saturated carbocycles. The number of allylic oxidation sites excluding steroid dienone is 2. The first-order valence-electron chi connectivity index (χ1n) is 13.4. The van der Waals surface area contributed by atoms with Crippen molar-refractivity contribution in [1.29, 1.82) is 0 Å². The summed E-state index contributed by atoms with van der Waals surface area (Å²) in [6.45, 7) is 8.78. The van der Waals surface area contributed by atoms with Crippen molar-refractivity contribution >= 4 is 5.84 Å². The maximum Gasteiger partial charge on any atom is 0.198 e. The molecule has 0 saturated heterocycles. The number of nitrogens with zero attached hydrogens (tertiary/aromatic N) is 2. The van der Waals surface area contributed by atoms with E-state index < -0.39 is 0 Å². The summed E-state index contributed by atoms with van der Waals surface area (Å²) in [5.41, 5.74) is 0. The van der Waals surface area contributed by atoms with Crippen molar-refractivity contribution in [3.8, 4) is 0 Å². The molecule has 1 unspecified atom stereocenters. The molecular formula is C27H53N2O+. The number of likely N-dealkylation sites (N-methyl/N-ethyl adjacent to an activating group) is 1. The zero-order valence-corrected chi connectivity index (χ0v) is 20.6. The number of rotatable bonds is 21. The minimum Gasteiger partial charge on any atom is -0.390 e. The summed E-state index contributed by atoms with van der Waals surface area (Å²) in [5.74, 6) is 1.36. The predicted octanol–water partition coefficient (Wildman–Crippen LogP) is 7.44. The second-order valence-electron chi connectivity index (χ2n) is 9.33. The third kappa shape index (κ3) is 12.2. The fourth-order valence-corrected chi connectivity index (χ4v) is 4.78. The summed E-state index contributed by atoms with van der Waals surface area (Å²) >= 11 is 0. The Hall–Kier alpha value is -0.670. The molecule has 0 bridgehead atoms. The Morgan fingerprint density at radius 1 is 0.767 bits per heavy atom. The third-order valence-electron chi connectivity index (χ3n) is 6.92. The number of hydrogen-bond donors (Lipinski definition) is 1. The number of hydrogen-bond acceptors (Lipinski definition) is 2. The standard InChI is InChI=1S/C27H53N2O/c1-3-5-6-7-8-9-10-11-12-13-14-15-16-17-18-19-20-21-22-27-28-23-24-29(27,4-2)25-26-30/h12-13,30H,3-11,14-26H2,1-2H3/q+1/b13-12+. The molecule has 1 aliphatic heterocycles. The van der Waals surface area contributed by atoms with Crippen LogP contribution in [0, 0.1) is 0 Å². The van der Waals surface area contributed by atoms with Gasteiger partial charge in [0.1, 0.15) is 13.1 Å². The lowest BCUT2D eigenvalue weighted by Gasteiger charge is -2.33. The third-order valence-corrected chi connectivity index (χ3v) is 6.92. The Morgan fingerprint density at radius 2 is 1.30 bits per heavy atom. The Kier molecular flexibility index (Phi) is 17.4. The van der Waals surface area contributed by atoms with Crippen molar-refractivity contribution in [2.75, 3.05) is 32.8 Å². The molecule has 0 amide bonds. The van der Waals surface area contributed by atoms with Gasteiger partial charge in [-0.2, -0.15) is 0 Å². The molecule has 0 spiro atoms. The Bertz CT molecular complexity index is 446. The summed E-state index contributed by atoms with van der Waals surface area (Å²) in [7, 11) is 0. The Morgan fingerprint density at radius 3 is 1.83 bits per heavy atom. The van der Waals surface area contributed by atoms with Crippen LogP contribution in [0.15, 0.2) is 17.1 Å². The molecular weight excluding hydrogens is 368 g/mol. The maximum atomic E-state index is 9.39. The van der Waals surface area contributed by atoms with E-state index in [1.54, 1.807) is 0 Å². The number of aliphatic hydroxyl groups excluding tert-OH is 1. The highest BCUT2D eigenvalue weighted by Gasteiger charge is 2.35. The Balaban J connectivity index is 1.87. The molecule has 0 aromatic rings. The highest BCUT2D eigenvalue weighted by Crippen LogP contribution is 2.20. The largest absolute Gasteiger partial charge is 0.390 e. The number of aliphatic imine (C=N–C) groups is 1. The molecule has 3 nitrogen and oxygen atoms in total. The first-order chi connectivity index (χ1) is 14.8. The van der Waals surface area contributed by atoms with E-state index in [0.717, 1.165) is 37.1 Å². The van der Waals surface area contributed by atoms with Crippen molar-refractivity contribution in [1.82, 2.24) is 0 Å². The van der Waals surface area contributed by atoms with Gasteiger partial charge in [-0.3, -0.25) is 4.48 Å². The van der Waals surface area contributed by atoms with Crippen LogP contribution in [-0.2, 0) is 0 Å². The zero-order chi connectivity index (χ0) is 21.8. The zero-order valence-electron chi connectivity index (χ0n) is 20.6. The SMILES string of the molecule is CCCCCCCCC/C=C/CCCCCCCCCC1=NCC[N+]1(CC)CCO. The fourth-order valence-electron chi connectivity index (χ4n) is 4.78. The van der Waals surface area contributed by atoms with Gasteiger partial charge in [0, 0.05) is 6.42 Å². The monoisotopic (exact) mass is 421 g/mol. The molecule has 0 fully saturated rings. The van der Waals surface area contributed by atoms with Gasteiger partial charge in [0.05, 0.1) is 19.7 Å². The second kappa shape index (κ2) is 19.0. The average molecular weight is 422 g/mol. The molecule has 0 aromatic carbocycles. The van der Waals surface area contributed by atoms with Crippen molar-refractivity contribution in [3.63, 3.8) is 0 Å². The van der Waals surface area contributed by atoms with E-state index in [1.807, 2.05) is 0 Å². The van der Waals surface area contributed by atoms with E-state index in [2.05, 4.69) is 26.0 Å². The van der Waals surface area contributed by atoms with Crippen LogP contribution in [0.3, 0.4) is 0 Å². The van der Waals surface area contributed by atoms with E-state index in [0.29, 0.717) is 0 Å². The van der Waals surface area contributed by atoms with Gasteiger partial charge in [-0.1, -0.05) is 89.7 Å². The normalized spacial score (nSPS) is 19.1. The molecule has 3 heteroatoms.